The Labute approximate surface area is 136 Å². The summed E-state index contributed by atoms with van der Waals surface area (Å²) >= 11 is 3.26. The van der Waals surface area contributed by atoms with E-state index in [9.17, 15) is 9.59 Å². The molecule has 7 heteroatoms. The van der Waals surface area contributed by atoms with Gasteiger partial charge in [0.15, 0.2) is 6.61 Å². The van der Waals surface area contributed by atoms with Crippen LogP contribution in [0, 0.1) is 11.3 Å². The molecule has 6 nitrogen and oxygen atoms in total. The Morgan fingerprint density at radius 1 is 1.50 bits per heavy atom. The Morgan fingerprint density at radius 2 is 2.18 bits per heavy atom. The number of carbonyl (C=O) groups excluding carboxylic acids is 1. The topological polar surface area (TPSA) is 99.4 Å². The largest absolute Gasteiger partial charge is 0.481 e. The number of amides is 1. The van der Waals surface area contributed by atoms with Gasteiger partial charge >= 0.3 is 5.97 Å². The molecule has 1 rings (SSSR count). The van der Waals surface area contributed by atoms with Crippen LogP contribution in [0.3, 0.4) is 0 Å². The van der Waals surface area contributed by atoms with E-state index in [1.165, 1.54) is 6.08 Å². The molecule has 0 radical (unpaired) electrons. The molecule has 0 aromatic heterocycles. The number of halogens is 1. The Balaban J connectivity index is 2.95. The maximum absolute atomic E-state index is 11.8. The number of hydrogen-bond donors (Lipinski definition) is 2. The SMILES string of the molecule is CC(C)NC(=O)C(C#N)=Cc1ccc(OCC(=O)O)c(Br)c1. The first kappa shape index (κ1) is 17.7. The fourth-order valence-corrected chi connectivity index (χ4v) is 2.03. The molecule has 0 aliphatic carbocycles. The van der Waals surface area contributed by atoms with Gasteiger partial charge in [0, 0.05) is 6.04 Å². The van der Waals surface area contributed by atoms with Gasteiger partial charge in [0.05, 0.1) is 4.47 Å². The lowest BCUT2D eigenvalue weighted by Crippen LogP contribution is -2.30. The third kappa shape index (κ3) is 5.58. The normalized spacial score (nSPS) is 11.0. The first-order valence-corrected chi connectivity index (χ1v) is 7.19. The first-order valence-electron chi connectivity index (χ1n) is 6.40. The van der Waals surface area contributed by atoms with Crippen LogP contribution in [0.15, 0.2) is 28.2 Å². The molecule has 0 aliphatic heterocycles. The molecule has 0 unspecified atom stereocenters. The molecular formula is C15H15BrN2O4. The maximum Gasteiger partial charge on any atom is 0.341 e. The summed E-state index contributed by atoms with van der Waals surface area (Å²) in [6.45, 7) is 3.16. The van der Waals surface area contributed by atoms with Crippen LogP contribution >= 0.6 is 15.9 Å². The summed E-state index contributed by atoms with van der Waals surface area (Å²) in [5.74, 6) is -1.16. The smallest absolute Gasteiger partial charge is 0.341 e. The van der Waals surface area contributed by atoms with Crippen molar-refractivity contribution < 1.29 is 19.4 Å². The zero-order valence-corrected chi connectivity index (χ0v) is 13.7. The molecule has 0 saturated heterocycles. The number of carboxylic acid groups (broad SMARTS) is 1. The van der Waals surface area contributed by atoms with E-state index in [2.05, 4.69) is 21.2 Å². The highest BCUT2D eigenvalue weighted by atomic mass is 79.9. The standard InChI is InChI=1S/C15H15BrN2O4/c1-9(2)18-15(21)11(7-17)5-10-3-4-13(12(16)6-10)22-8-14(19)20/h3-6,9H,8H2,1-2H3,(H,18,21)(H,19,20). The van der Waals surface area contributed by atoms with Crippen molar-refractivity contribution in [3.63, 3.8) is 0 Å². The van der Waals surface area contributed by atoms with Crippen molar-refractivity contribution in [2.75, 3.05) is 6.61 Å². The summed E-state index contributed by atoms with van der Waals surface area (Å²) in [5, 5.41) is 20.3. The van der Waals surface area contributed by atoms with Gasteiger partial charge < -0.3 is 15.2 Å². The van der Waals surface area contributed by atoms with Crippen molar-refractivity contribution in [2.45, 2.75) is 19.9 Å². The maximum atomic E-state index is 11.8. The van der Waals surface area contributed by atoms with Crippen LogP contribution in [0.25, 0.3) is 6.08 Å². The zero-order valence-electron chi connectivity index (χ0n) is 12.1. The van der Waals surface area contributed by atoms with Gasteiger partial charge in [-0.1, -0.05) is 6.07 Å². The Morgan fingerprint density at radius 3 is 2.68 bits per heavy atom. The number of nitrogens with one attached hydrogen (secondary N) is 1. The lowest BCUT2D eigenvalue weighted by molar-refractivity contribution is -0.139. The van der Waals surface area contributed by atoms with Crippen LogP contribution in [0.2, 0.25) is 0 Å². The molecule has 0 aliphatic rings. The summed E-state index contributed by atoms with van der Waals surface area (Å²) < 4.78 is 5.60. The molecule has 1 amide bonds. The monoisotopic (exact) mass is 366 g/mol. The van der Waals surface area contributed by atoms with Gasteiger partial charge in [-0.2, -0.15) is 5.26 Å². The summed E-state index contributed by atoms with van der Waals surface area (Å²) in [6.07, 6.45) is 1.45. The van der Waals surface area contributed by atoms with Crippen molar-refractivity contribution in [1.29, 1.82) is 5.26 Å². The molecule has 0 spiro atoms. The van der Waals surface area contributed by atoms with E-state index < -0.39 is 18.5 Å². The van der Waals surface area contributed by atoms with Crippen molar-refractivity contribution in [2.24, 2.45) is 0 Å². The number of carboxylic acids is 1. The van der Waals surface area contributed by atoms with E-state index in [-0.39, 0.29) is 11.6 Å². The molecule has 0 fully saturated rings. The van der Waals surface area contributed by atoms with Gasteiger partial charge in [0.1, 0.15) is 17.4 Å². The van der Waals surface area contributed by atoms with E-state index in [4.69, 9.17) is 15.1 Å². The van der Waals surface area contributed by atoms with Crippen LogP contribution in [-0.2, 0) is 9.59 Å². The summed E-state index contributed by atoms with van der Waals surface area (Å²) in [5.41, 5.74) is 0.602. The molecule has 22 heavy (non-hydrogen) atoms. The van der Waals surface area contributed by atoms with Crippen LogP contribution in [0.1, 0.15) is 19.4 Å². The van der Waals surface area contributed by atoms with Gasteiger partial charge in [-0.05, 0) is 53.5 Å². The molecular weight excluding hydrogens is 352 g/mol. The van der Waals surface area contributed by atoms with E-state index in [1.54, 1.807) is 32.0 Å². The Hall–Kier alpha value is -2.33. The highest BCUT2D eigenvalue weighted by Crippen LogP contribution is 2.27. The number of aliphatic carboxylic acids is 1. The number of benzene rings is 1. The van der Waals surface area contributed by atoms with Crippen LogP contribution in [0.4, 0.5) is 0 Å². The second-order valence-corrected chi connectivity index (χ2v) is 5.52. The minimum Gasteiger partial charge on any atom is -0.481 e. The van der Waals surface area contributed by atoms with Crippen molar-refractivity contribution in [3.8, 4) is 11.8 Å². The van der Waals surface area contributed by atoms with E-state index in [0.29, 0.717) is 15.8 Å². The molecule has 2 N–H and O–H groups in total. The second-order valence-electron chi connectivity index (χ2n) is 4.67. The minimum absolute atomic E-state index is 0.0141. The molecule has 0 heterocycles. The minimum atomic E-state index is -1.08. The third-order valence-electron chi connectivity index (χ3n) is 2.40. The fourth-order valence-electron chi connectivity index (χ4n) is 1.52. The number of ether oxygens (including phenoxy) is 1. The van der Waals surface area contributed by atoms with Crippen LogP contribution in [0.5, 0.6) is 5.75 Å². The quantitative estimate of drug-likeness (QED) is 0.594. The number of nitrogens with zero attached hydrogens (tertiary/aromatic N) is 1. The predicted octanol–water partition coefficient (Wildman–Crippen LogP) is 2.34. The number of nitriles is 1. The first-order chi connectivity index (χ1) is 10.3. The van der Waals surface area contributed by atoms with Crippen LogP contribution in [-0.4, -0.2) is 29.6 Å². The van der Waals surface area contributed by atoms with E-state index in [0.717, 1.165) is 0 Å². The van der Waals surface area contributed by atoms with Gasteiger partial charge in [-0.25, -0.2) is 4.79 Å². The molecule has 116 valence electrons. The second kappa shape index (κ2) is 8.20. The highest BCUT2D eigenvalue weighted by molar-refractivity contribution is 9.10. The number of hydrogen-bond acceptors (Lipinski definition) is 4. The predicted molar refractivity (Wildman–Crippen MR) is 84.1 cm³/mol. The highest BCUT2D eigenvalue weighted by Gasteiger charge is 2.11. The summed E-state index contributed by atoms with van der Waals surface area (Å²) in [6, 6.07) is 6.61. The lowest BCUT2D eigenvalue weighted by Gasteiger charge is -2.08. The number of rotatable bonds is 6. The summed E-state index contributed by atoms with van der Waals surface area (Å²) in [4.78, 5) is 22.3. The van der Waals surface area contributed by atoms with E-state index >= 15 is 0 Å². The Bertz CT molecular complexity index is 647. The van der Waals surface area contributed by atoms with Crippen molar-refractivity contribution in [3.05, 3.63) is 33.8 Å². The molecule has 0 atom stereocenters. The van der Waals surface area contributed by atoms with Crippen molar-refractivity contribution in [1.82, 2.24) is 5.32 Å². The van der Waals surface area contributed by atoms with Gasteiger partial charge in [0.25, 0.3) is 5.91 Å². The fraction of sp³-hybridized carbons (Fsp3) is 0.267. The third-order valence-corrected chi connectivity index (χ3v) is 3.02. The van der Waals surface area contributed by atoms with E-state index in [1.807, 2.05) is 6.07 Å². The van der Waals surface area contributed by atoms with Gasteiger partial charge in [-0.3, -0.25) is 4.79 Å². The molecule has 1 aromatic rings. The number of carbonyl (C=O) groups is 2. The zero-order chi connectivity index (χ0) is 16.7. The average Bonchev–Trinajstić information content (AvgIpc) is 2.42. The lowest BCUT2D eigenvalue weighted by atomic mass is 10.1. The van der Waals surface area contributed by atoms with Gasteiger partial charge in [-0.15, -0.1) is 0 Å². The average molecular weight is 367 g/mol. The van der Waals surface area contributed by atoms with Gasteiger partial charge in [0.2, 0.25) is 0 Å². The Kier molecular flexibility index (Phi) is 6.60. The van der Waals surface area contributed by atoms with Crippen molar-refractivity contribution >= 4 is 33.9 Å². The molecule has 1 aromatic carbocycles. The molecule has 0 saturated carbocycles. The summed E-state index contributed by atoms with van der Waals surface area (Å²) in [7, 11) is 0. The van der Waals surface area contributed by atoms with Crippen LogP contribution < -0.4 is 10.1 Å². The molecule has 0 bridgehead atoms.